The molecule has 0 aliphatic heterocycles. The summed E-state index contributed by atoms with van der Waals surface area (Å²) in [5.41, 5.74) is 9.55. The Kier molecular flexibility index (Phi) is 7.21. The van der Waals surface area contributed by atoms with E-state index in [2.05, 4.69) is 78.9 Å². The summed E-state index contributed by atoms with van der Waals surface area (Å²) in [6, 6.07) is 57.4. The molecule has 0 aliphatic rings. The molecule has 0 fully saturated rings. The first kappa shape index (κ1) is 29.3. The third-order valence-corrected chi connectivity index (χ3v) is 9.18. The van der Waals surface area contributed by atoms with Gasteiger partial charge in [-0.05, 0) is 58.1 Å². The van der Waals surface area contributed by atoms with E-state index in [1.807, 2.05) is 95.6 Å². The van der Waals surface area contributed by atoms with Crippen LogP contribution in [0.2, 0.25) is 0 Å². The van der Waals surface area contributed by atoms with Crippen LogP contribution in [0.5, 0.6) is 0 Å². The molecule has 0 atom stereocenters. The average Bonchev–Trinajstić information content (AvgIpc) is 3.73. The van der Waals surface area contributed by atoms with E-state index in [1.165, 1.54) is 0 Å². The minimum Gasteiger partial charge on any atom is -0.456 e. The van der Waals surface area contributed by atoms with Gasteiger partial charge in [-0.25, -0.2) is 4.99 Å². The second-order valence-corrected chi connectivity index (χ2v) is 12.2. The topological polar surface area (TPSA) is 66.6 Å². The molecule has 0 amide bonds. The van der Waals surface area contributed by atoms with Crippen molar-refractivity contribution in [1.82, 2.24) is 4.57 Å². The van der Waals surface area contributed by atoms with E-state index in [9.17, 15) is 5.41 Å². The molecule has 1 N–H and O–H groups in total. The van der Waals surface area contributed by atoms with Crippen LogP contribution in [0.4, 0.5) is 0 Å². The maximum absolute atomic E-state index is 9.50. The Hall–Kier alpha value is -6.85. The number of aliphatic imine (C=N–C) groups is 2. The van der Waals surface area contributed by atoms with Crippen molar-refractivity contribution in [3.8, 4) is 22.3 Å². The molecule has 2 heterocycles. The first-order chi connectivity index (χ1) is 24.7. The Morgan fingerprint density at radius 3 is 1.90 bits per heavy atom. The van der Waals surface area contributed by atoms with Gasteiger partial charge in [-0.3, -0.25) is 9.98 Å². The molecule has 0 aliphatic carbocycles. The third-order valence-electron chi connectivity index (χ3n) is 9.18. The molecule has 50 heavy (non-hydrogen) atoms. The highest BCUT2D eigenvalue weighted by Crippen LogP contribution is 2.38. The van der Waals surface area contributed by atoms with Gasteiger partial charge in [0.25, 0.3) is 0 Å². The van der Waals surface area contributed by atoms with Gasteiger partial charge in [-0.2, -0.15) is 4.99 Å². The van der Waals surface area contributed by atoms with Crippen molar-refractivity contribution in [3.05, 3.63) is 181 Å². The number of furan rings is 1. The van der Waals surface area contributed by atoms with E-state index in [1.54, 1.807) is 6.21 Å². The van der Waals surface area contributed by atoms with E-state index >= 15 is 0 Å². The molecule has 236 valence electrons. The van der Waals surface area contributed by atoms with Crippen molar-refractivity contribution < 1.29 is 4.42 Å². The minimum atomic E-state index is 0.0673. The highest BCUT2D eigenvalue weighted by atomic mass is 16.3. The normalized spacial score (nSPS) is 12.1. The van der Waals surface area contributed by atoms with E-state index in [0.717, 1.165) is 77.1 Å². The van der Waals surface area contributed by atoms with Crippen LogP contribution < -0.4 is 0 Å². The van der Waals surface area contributed by atoms with Crippen molar-refractivity contribution in [1.29, 1.82) is 5.41 Å². The predicted molar refractivity (Wildman–Crippen MR) is 208 cm³/mol. The number of hydrogen-bond acceptors (Lipinski definition) is 2. The van der Waals surface area contributed by atoms with Gasteiger partial charge in [0.1, 0.15) is 11.2 Å². The first-order valence-corrected chi connectivity index (χ1v) is 16.6. The zero-order valence-electron chi connectivity index (χ0n) is 27.0. The number of rotatable bonds is 4. The van der Waals surface area contributed by atoms with Gasteiger partial charge in [0.2, 0.25) is 5.96 Å². The summed E-state index contributed by atoms with van der Waals surface area (Å²) in [5, 5.41) is 13.7. The lowest BCUT2D eigenvalue weighted by atomic mass is 9.99. The molecule has 0 saturated carbocycles. The molecule has 9 aromatic rings. The van der Waals surface area contributed by atoms with Gasteiger partial charge in [-0.15, -0.1) is 0 Å². The molecular weight excluding hydrogens is 613 g/mol. The summed E-state index contributed by atoms with van der Waals surface area (Å²) in [7, 11) is 0. The predicted octanol–water partition coefficient (Wildman–Crippen LogP) is 11.4. The molecule has 0 spiro atoms. The van der Waals surface area contributed by atoms with E-state index in [4.69, 9.17) is 14.4 Å². The molecule has 0 unspecified atom stereocenters. The average molecular weight is 643 g/mol. The van der Waals surface area contributed by atoms with Crippen LogP contribution in [-0.4, -0.2) is 22.6 Å². The molecule has 0 saturated heterocycles. The third kappa shape index (κ3) is 5.09. The van der Waals surface area contributed by atoms with Crippen molar-refractivity contribution >= 4 is 61.8 Å². The number of hydrogen-bond donors (Lipinski definition) is 1. The molecule has 2 aromatic heterocycles. The highest BCUT2D eigenvalue weighted by Gasteiger charge is 2.19. The SMILES string of the molecule is N=C(/N=C(\N=C\c1ccccc1)c1ccc2c(c1)oc1cccc(-c3ccccc3)c12)n1c2ccccc2c2c(-c3ccccc3)cccc21. The number of benzene rings is 7. The number of nitrogens with zero attached hydrogens (tertiary/aromatic N) is 3. The Bertz CT molecular complexity index is 2760. The van der Waals surface area contributed by atoms with Crippen molar-refractivity contribution in [2.75, 3.05) is 0 Å². The number of nitrogens with one attached hydrogen (secondary N) is 1. The molecule has 9 rings (SSSR count). The first-order valence-electron chi connectivity index (χ1n) is 16.6. The smallest absolute Gasteiger partial charge is 0.229 e. The second-order valence-electron chi connectivity index (χ2n) is 12.2. The van der Waals surface area contributed by atoms with E-state index < -0.39 is 0 Å². The fraction of sp³-hybridized carbons (Fsp3) is 0. The molecule has 0 radical (unpaired) electrons. The van der Waals surface area contributed by atoms with Crippen LogP contribution in [0.25, 0.3) is 66.0 Å². The van der Waals surface area contributed by atoms with Crippen LogP contribution in [-0.2, 0) is 0 Å². The fourth-order valence-electron chi connectivity index (χ4n) is 6.92. The van der Waals surface area contributed by atoms with E-state index in [-0.39, 0.29) is 5.96 Å². The van der Waals surface area contributed by atoms with Gasteiger partial charge in [0.15, 0.2) is 5.84 Å². The van der Waals surface area contributed by atoms with Gasteiger partial charge in [0.05, 0.1) is 11.0 Å². The number of amidine groups is 1. The van der Waals surface area contributed by atoms with Crippen molar-refractivity contribution in [3.63, 3.8) is 0 Å². The molecule has 5 nitrogen and oxygen atoms in total. The molecular formula is C45H30N4O. The summed E-state index contributed by atoms with van der Waals surface area (Å²) in [6.07, 6.45) is 1.79. The van der Waals surface area contributed by atoms with Crippen LogP contribution >= 0.6 is 0 Å². The van der Waals surface area contributed by atoms with Crippen LogP contribution in [0.1, 0.15) is 11.1 Å². The number of fused-ring (bicyclic) bond motifs is 6. The molecule has 5 heteroatoms. The maximum atomic E-state index is 9.50. The van der Waals surface area contributed by atoms with Crippen LogP contribution in [0, 0.1) is 5.41 Å². The summed E-state index contributed by atoms with van der Waals surface area (Å²) in [4.78, 5) is 9.85. The lowest BCUT2D eigenvalue weighted by molar-refractivity contribution is 0.669. The Balaban J connectivity index is 1.22. The number of para-hydroxylation sites is 1. The summed E-state index contributed by atoms with van der Waals surface area (Å²) >= 11 is 0. The zero-order valence-corrected chi connectivity index (χ0v) is 27.0. The van der Waals surface area contributed by atoms with Crippen LogP contribution in [0.15, 0.2) is 184 Å². The van der Waals surface area contributed by atoms with Crippen molar-refractivity contribution in [2.45, 2.75) is 0 Å². The molecule has 0 bridgehead atoms. The van der Waals surface area contributed by atoms with Gasteiger partial charge in [-0.1, -0.05) is 140 Å². The summed E-state index contributed by atoms with van der Waals surface area (Å²) in [6.45, 7) is 0. The monoisotopic (exact) mass is 642 g/mol. The lowest BCUT2D eigenvalue weighted by Crippen LogP contribution is -2.11. The summed E-state index contributed by atoms with van der Waals surface area (Å²) in [5.74, 6) is 0.479. The van der Waals surface area contributed by atoms with Crippen molar-refractivity contribution in [2.24, 2.45) is 9.98 Å². The maximum Gasteiger partial charge on any atom is 0.229 e. The largest absolute Gasteiger partial charge is 0.456 e. The zero-order chi connectivity index (χ0) is 33.4. The van der Waals surface area contributed by atoms with Crippen LogP contribution in [0.3, 0.4) is 0 Å². The lowest BCUT2D eigenvalue weighted by Gasteiger charge is -2.08. The molecule has 7 aromatic carbocycles. The standard InChI is InChI=1S/C45H30N4O/c46-45(49-38-23-11-10-20-36(38)42-34(21-12-24-39(42)49)31-16-6-2-7-17-31)48-44(47-29-30-14-4-1-5-15-30)33-26-27-37-41(28-33)50-40-25-13-22-35(43(37)40)32-18-8-3-9-19-32/h1-29,46H/b46-45?,47-29+,48-44-. The summed E-state index contributed by atoms with van der Waals surface area (Å²) < 4.78 is 8.37. The van der Waals surface area contributed by atoms with E-state index in [0.29, 0.717) is 5.84 Å². The van der Waals surface area contributed by atoms with Gasteiger partial charge in [0, 0.05) is 33.3 Å². The Morgan fingerprint density at radius 1 is 0.540 bits per heavy atom. The quantitative estimate of drug-likeness (QED) is 0.151. The number of aromatic nitrogens is 1. The van der Waals surface area contributed by atoms with Gasteiger partial charge < -0.3 is 4.42 Å². The Morgan fingerprint density at radius 2 is 1.16 bits per heavy atom. The fourth-order valence-corrected chi connectivity index (χ4v) is 6.92. The Labute approximate surface area is 288 Å². The van der Waals surface area contributed by atoms with Gasteiger partial charge >= 0.3 is 0 Å². The highest BCUT2D eigenvalue weighted by molar-refractivity contribution is 6.21. The minimum absolute atomic E-state index is 0.0673. The second kappa shape index (κ2) is 12.3.